The molecule has 1 heterocycles. The normalized spacial score (nSPS) is 13.9. The van der Waals surface area contributed by atoms with Crippen molar-refractivity contribution >= 4 is 29.0 Å². The maximum Gasteiger partial charge on any atom is 0.335 e. The Bertz CT molecular complexity index is 895. The van der Waals surface area contributed by atoms with Gasteiger partial charge in [-0.05, 0) is 24.3 Å². The first kappa shape index (κ1) is 15.3. The van der Waals surface area contributed by atoms with Crippen LogP contribution in [0.15, 0.2) is 73.4 Å². The standard InChI is InChI=1S/C19H17NO2/c1-3-8-14(19(21)22)10-7-13-18-15(9-4-2)16-11-5-6-12-17(16)20-18/h3-13,20H,1-2H2,(H,21,22)/b10-7-,14-8+,15-9-,18-13+. The summed E-state index contributed by atoms with van der Waals surface area (Å²) in [5.41, 5.74) is 1.20. The number of allylic oxidation sites excluding steroid dienone is 4. The number of rotatable bonds is 5. The van der Waals surface area contributed by atoms with Crippen LogP contribution in [-0.2, 0) is 4.79 Å². The van der Waals surface area contributed by atoms with Crippen molar-refractivity contribution in [2.75, 3.05) is 0 Å². The number of aromatic nitrogens is 1. The van der Waals surface area contributed by atoms with Gasteiger partial charge in [-0.15, -0.1) is 0 Å². The monoisotopic (exact) mass is 291 g/mol. The molecule has 0 unspecified atom stereocenters. The fraction of sp³-hybridized carbons (Fsp3) is 0. The molecule has 110 valence electrons. The number of aliphatic carboxylic acids is 1. The van der Waals surface area contributed by atoms with Crippen molar-refractivity contribution in [3.63, 3.8) is 0 Å². The number of H-pyrrole nitrogens is 1. The second-order valence-electron chi connectivity index (χ2n) is 4.59. The van der Waals surface area contributed by atoms with Crippen LogP contribution >= 0.6 is 0 Å². The molecule has 0 bridgehead atoms. The molecule has 2 rings (SSSR count). The number of carboxylic acid groups (broad SMARTS) is 1. The molecule has 1 aromatic carbocycles. The van der Waals surface area contributed by atoms with E-state index in [-0.39, 0.29) is 5.57 Å². The van der Waals surface area contributed by atoms with Crippen molar-refractivity contribution in [2.24, 2.45) is 0 Å². The molecule has 0 fully saturated rings. The minimum Gasteiger partial charge on any atom is -0.478 e. The zero-order chi connectivity index (χ0) is 15.9. The first-order chi connectivity index (χ1) is 10.7. The molecule has 0 aliphatic heterocycles. The summed E-state index contributed by atoms with van der Waals surface area (Å²) in [5.74, 6) is -0.987. The van der Waals surface area contributed by atoms with Crippen LogP contribution in [0.3, 0.4) is 0 Å². The summed E-state index contributed by atoms with van der Waals surface area (Å²) in [6.45, 7) is 7.25. The van der Waals surface area contributed by atoms with E-state index in [2.05, 4.69) is 18.1 Å². The molecular formula is C19H17NO2. The van der Waals surface area contributed by atoms with Crippen LogP contribution in [0.4, 0.5) is 0 Å². The lowest BCUT2D eigenvalue weighted by molar-refractivity contribution is -0.132. The van der Waals surface area contributed by atoms with Gasteiger partial charge in [-0.25, -0.2) is 4.79 Å². The fourth-order valence-electron chi connectivity index (χ4n) is 2.19. The summed E-state index contributed by atoms with van der Waals surface area (Å²) in [4.78, 5) is 14.3. The Labute approximate surface area is 128 Å². The van der Waals surface area contributed by atoms with E-state index < -0.39 is 5.97 Å². The Balaban J connectivity index is 2.55. The number of hydrogen-bond donors (Lipinski definition) is 2. The van der Waals surface area contributed by atoms with Crippen LogP contribution in [0, 0.1) is 0 Å². The van der Waals surface area contributed by atoms with Crippen LogP contribution in [0.5, 0.6) is 0 Å². The Hall–Kier alpha value is -3.07. The van der Waals surface area contributed by atoms with Gasteiger partial charge in [-0.2, -0.15) is 0 Å². The maximum atomic E-state index is 11.0. The van der Waals surface area contributed by atoms with Gasteiger partial charge in [0.15, 0.2) is 0 Å². The molecular weight excluding hydrogens is 274 g/mol. The van der Waals surface area contributed by atoms with Gasteiger partial charge in [0.2, 0.25) is 0 Å². The minimum atomic E-state index is -0.987. The summed E-state index contributed by atoms with van der Waals surface area (Å²) in [6, 6.07) is 7.97. The van der Waals surface area contributed by atoms with E-state index >= 15 is 0 Å². The molecule has 0 aliphatic carbocycles. The van der Waals surface area contributed by atoms with Gasteiger partial charge in [0.1, 0.15) is 0 Å². The molecule has 3 nitrogen and oxygen atoms in total. The summed E-state index contributed by atoms with van der Waals surface area (Å²) in [7, 11) is 0. The Morgan fingerprint density at radius 2 is 1.91 bits per heavy atom. The van der Waals surface area contributed by atoms with Crippen LogP contribution < -0.4 is 10.6 Å². The molecule has 0 saturated heterocycles. The Kier molecular flexibility index (Phi) is 4.94. The highest BCUT2D eigenvalue weighted by molar-refractivity contribution is 5.90. The van der Waals surface area contributed by atoms with E-state index in [1.165, 1.54) is 18.2 Å². The van der Waals surface area contributed by atoms with Crippen molar-refractivity contribution in [1.29, 1.82) is 0 Å². The largest absolute Gasteiger partial charge is 0.478 e. The van der Waals surface area contributed by atoms with Crippen molar-refractivity contribution in [3.8, 4) is 0 Å². The molecule has 0 aliphatic rings. The molecule has 0 amide bonds. The predicted octanol–water partition coefficient (Wildman–Crippen LogP) is 2.67. The van der Waals surface area contributed by atoms with Crippen LogP contribution in [0.25, 0.3) is 23.1 Å². The Morgan fingerprint density at radius 1 is 1.14 bits per heavy atom. The van der Waals surface area contributed by atoms with Crippen LogP contribution in [0.1, 0.15) is 0 Å². The topological polar surface area (TPSA) is 53.1 Å². The van der Waals surface area contributed by atoms with E-state index in [1.54, 1.807) is 12.2 Å². The number of aromatic amines is 1. The van der Waals surface area contributed by atoms with E-state index in [0.29, 0.717) is 0 Å². The summed E-state index contributed by atoms with van der Waals surface area (Å²) in [6.07, 6.45) is 11.6. The average Bonchev–Trinajstić information content (AvgIpc) is 2.85. The number of hydrogen-bond acceptors (Lipinski definition) is 1. The number of carboxylic acids is 1. The minimum absolute atomic E-state index is 0.177. The summed E-state index contributed by atoms with van der Waals surface area (Å²) in [5, 5.41) is 12.1. The molecule has 0 radical (unpaired) electrons. The smallest absolute Gasteiger partial charge is 0.335 e. The van der Waals surface area contributed by atoms with Gasteiger partial charge in [0.05, 0.1) is 5.57 Å². The van der Waals surface area contributed by atoms with Crippen molar-refractivity contribution in [3.05, 3.63) is 83.9 Å². The predicted molar refractivity (Wildman–Crippen MR) is 91.7 cm³/mol. The van der Waals surface area contributed by atoms with Crippen molar-refractivity contribution in [1.82, 2.24) is 4.98 Å². The highest BCUT2D eigenvalue weighted by Gasteiger charge is 2.00. The van der Waals surface area contributed by atoms with Gasteiger partial charge < -0.3 is 10.1 Å². The zero-order valence-electron chi connectivity index (χ0n) is 12.1. The second kappa shape index (κ2) is 7.09. The SMILES string of the molecule is C=C\C=c1/c(=C\C=C/C(=C\C=C)C(=O)O)[nH]c2ccccc12. The average molecular weight is 291 g/mol. The molecule has 22 heavy (non-hydrogen) atoms. The molecule has 0 saturated carbocycles. The van der Waals surface area contributed by atoms with Crippen LogP contribution in [-0.4, -0.2) is 16.1 Å². The molecule has 0 spiro atoms. The summed E-state index contributed by atoms with van der Waals surface area (Å²) >= 11 is 0. The van der Waals surface area contributed by atoms with Crippen LogP contribution in [0.2, 0.25) is 0 Å². The van der Waals surface area contributed by atoms with E-state index in [1.807, 2.05) is 36.4 Å². The lowest BCUT2D eigenvalue weighted by atomic mass is 10.2. The van der Waals surface area contributed by atoms with E-state index in [4.69, 9.17) is 5.11 Å². The van der Waals surface area contributed by atoms with Gasteiger partial charge in [-0.1, -0.05) is 55.7 Å². The molecule has 2 aromatic rings. The third-order valence-electron chi connectivity index (χ3n) is 3.14. The first-order valence-corrected chi connectivity index (χ1v) is 6.81. The number of fused-ring (bicyclic) bond motifs is 1. The lowest BCUT2D eigenvalue weighted by Crippen LogP contribution is -2.21. The summed E-state index contributed by atoms with van der Waals surface area (Å²) < 4.78 is 0. The highest BCUT2D eigenvalue weighted by Crippen LogP contribution is 2.04. The molecule has 2 N–H and O–H groups in total. The maximum absolute atomic E-state index is 11.0. The lowest BCUT2D eigenvalue weighted by Gasteiger charge is -1.90. The third kappa shape index (κ3) is 3.33. The van der Waals surface area contributed by atoms with Gasteiger partial charge in [0, 0.05) is 21.5 Å². The second-order valence-corrected chi connectivity index (χ2v) is 4.59. The molecule has 0 atom stereocenters. The van der Waals surface area contributed by atoms with Crippen molar-refractivity contribution in [2.45, 2.75) is 0 Å². The van der Waals surface area contributed by atoms with Gasteiger partial charge >= 0.3 is 5.97 Å². The number of carbonyl (C=O) groups is 1. The van der Waals surface area contributed by atoms with Gasteiger partial charge in [0.25, 0.3) is 0 Å². The fourth-order valence-corrected chi connectivity index (χ4v) is 2.19. The number of nitrogens with one attached hydrogen (secondary N) is 1. The first-order valence-electron chi connectivity index (χ1n) is 6.81. The number of benzene rings is 1. The quantitative estimate of drug-likeness (QED) is 0.657. The zero-order valence-corrected chi connectivity index (χ0v) is 12.1. The number of para-hydroxylation sites is 1. The third-order valence-corrected chi connectivity index (χ3v) is 3.14. The molecule has 1 aromatic heterocycles. The van der Waals surface area contributed by atoms with E-state index in [9.17, 15) is 4.79 Å². The van der Waals surface area contributed by atoms with Gasteiger partial charge in [-0.3, -0.25) is 0 Å². The van der Waals surface area contributed by atoms with Crippen molar-refractivity contribution < 1.29 is 9.90 Å². The Morgan fingerprint density at radius 3 is 2.59 bits per heavy atom. The van der Waals surface area contributed by atoms with E-state index in [0.717, 1.165) is 21.5 Å². The highest BCUT2D eigenvalue weighted by atomic mass is 16.4. The molecule has 3 heteroatoms.